The molecule has 0 spiro atoms. The number of nitrogens with one attached hydrogen (secondary N) is 2. The van der Waals surface area contributed by atoms with Crippen molar-refractivity contribution in [1.29, 1.82) is 0 Å². The number of amides is 1. The van der Waals surface area contributed by atoms with Gasteiger partial charge in [-0.2, -0.15) is 0 Å². The summed E-state index contributed by atoms with van der Waals surface area (Å²) in [6, 6.07) is 4.67. The lowest BCUT2D eigenvalue weighted by Gasteiger charge is -2.34. The molecule has 25 heavy (non-hydrogen) atoms. The summed E-state index contributed by atoms with van der Waals surface area (Å²) in [5.74, 6) is -0.101. The number of nitrogens with zero attached hydrogens (tertiary/aromatic N) is 2. The fourth-order valence-electron chi connectivity index (χ4n) is 2.48. The Labute approximate surface area is 152 Å². The Bertz CT molecular complexity index is 710. The summed E-state index contributed by atoms with van der Waals surface area (Å²) in [6.07, 6.45) is 0.0660. The predicted molar refractivity (Wildman–Crippen MR) is 94.2 cm³/mol. The van der Waals surface area contributed by atoms with Gasteiger partial charge in [0.1, 0.15) is 0 Å². The highest BCUT2D eigenvalue weighted by Crippen LogP contribution is 2.15. The Morgan fingerprint density at radius 1 is 1.40 bits per heavy atom. The largest absolute Gasteiger partial charge is 0.337 e. The molecule has 1 fully saturated rings. The van der Waals surface area contributed by atoms with E-state index in [1.165, 1.54) is 12.1 Å². The van der Waals surface area contributed by atoms with Crippen molar-refractivity contribution in [2.45, 2.75) is 24.3 Å². The number of nitro benzene ring substituents is 1. The average molecular weight is 393 g/mol. The fraction of sp³-hybridized carbons (Fsp3) is 0.500. The molecule has 9 nitrogen and oxygen atoms in total. The topological polar surface area (TPSA) is 122 Å². The first-order valence-electron chi connectivity index (χ1n) is 7.55. The Morgan fingerprint density at radius 3 is 2.60 bits per heavy atom. The van der Waals surface area contributed by atoms with Crippen molar-refractivity contribution in [3.63, 3.8) is 0 Å². The van der Waals surface area contributed by atoms with Gasteiger partial charge in [0.2, 0.25) is 15.9 Å². The highest BCUT2D eigenvalue weighted by atomic mass is 35.5. The zero-order valence-corrected chi connectivity index (χ0v) is 15.3. The number of halogens is 1. The summed E-state index contributed by atoms with van der Waals surface area (Å²) in [4.78, 5) is 23.8. The number of hydrogen-bond acceptors (Lipinski definition) is 6. The number of non-ortho nitro benzene ring substituents is 1. The van der Waals surface area contributed by atoms with Gasteiger partial charge in [-0.3, -0.25) is 14.9 Å². The maximum Gasteiger partial charge on any atom is 0.269 e. The predicted octanol–water partition coefficient (Wildman–Crippen LogP) is 0.505. The first-order chi connectivity index (χ1) is 11.3. The van der Waals surface area contributed by atoms with Crippen LogP contribution in [0.2, 0.25) is 0 Å². The van der Waals surface area contributed by atoms with Gasteiger partial charge in [-0.15, -0.1) is 12.4 Å². The van der Waals surface area contributed by atoms with E-state index in [0.29, 0.717) is 6.54 Å². The SMILES string of the molecule is C[C@H]1CNCCN1C(=O)CCNS(=O)(=O)c1ccc([N+](=O)[O-])cc1.Cl. The van der Waals surface area contributed by atoms with Crippen molar-refractivity contribution < 1.29 is 18.1 Å². The van der Waals surface area contributed by atoms with Gasteiger partial charge in [-0.25, -0.2) is 13.1 Å². The van der Waals surface area contributed by atoms with Crippen molar-refractivity contribution in [1.82, 2.24) is 14.9 Å². The number of sulfonamides is 1. The van der Waals surface area contributed by atoms with Gasteiger partial charge < -0.3 is 10.2 Å². The summed E-state index contributed by atoms with van der Waals surface area (Å²) in [7, 11) is -3.80. The monoisotopic (exact) mass is 392 g/mol. The molecule has 1 saturated heterocycles. The maximum atomic E-state index is 12.1. The molecule has 1 aliphatic rings. The molecule has 11 heteroatoms. The van der Waals surface area contributed by atoms with Crippen molar-refractivity contribution in [3.8, 4) is 0 Å². The van der Waals surface area contributed by atoms with Crippen molar-refractivity contribution in [2.24, 2.45) is 0 Å². The summed E-state index contributed by atoms with van der Waals surface area (Å²) < 4.78 is 26.6. The molecule has 1 heterocycles. The molecule has 0 saturated carbocycles. The second-order valence-electron chi connectivity index (χ2n) is 5.54. The standard InChI is InChI=1S/C14H20N4O5S.ClH/c1-11-10-15-8-9-17(11)14(19)6-7-16-24(22,23)13-4-2-12(3-5-13)18(20)21;/h2-5,11,15-16H,6-10H2,1H3;1H/t11-;/m0./s1. The van der Waals surface area contributed by atoms with Crippen LogP contribution in [0, 0.1) is 10.1 Å². The first-order valence-corrected chi connectivity index (χ1v) is 9.04. The molecule has 0 bridgehead atoms. The van der Waals surface area contributed by atoms with Gasteiger partial charge in [0, 0.05) is 50.8 Å². The number of rotatable bonds is 6. The van der Waals surface area contributed by atoms with Crippen LogP contribution < -0.4 is 10.0 Å². The van der Waals surface area contributed by atoms with E-state index < -0.39 is 14.9 Å². The minimum Gasteiger partial charge on any atom is -0.337 e. The molecule has 1 aliphatic heterocycles. The second kappa shape index (κ2) is 9.09. The molecule has 1 aromatic rings. The molecule has 0 aromatic heterocycles. The smallest absolute Gasteiger partial charge is 0.269 e. The van der Waals surface area contributed by atoms with Crippen LogP contribution in [-0.4, -0.2) is 56.4 Å². The van der Waals surface area contributed by atoms with Gasteiger partial charge in [0.25, 0.3) is 5.69 Å². The van der Waals surface area contributed by atoms with Gasteiger partial charge in [0.05, 0.1) is 9.82 Å². The molecular weight excluding hydrogens is 372 g/mol. The number of piperazine rings is 1. The van der Waals surface area contributed by atoms with E-state index in [1.54, 1.807) is 4.90 Å². The Kier molecular flexibility index (Phi) is 7.74. The van der Waals surface area contributed by atoms with Gasteiger partial charge in [0.15, 0.2) is 0 Å². The molecule has 0 radical (unpaired) electrons. The summed E-state index contributed by atoms with van der Waals surface area (Å²) in [5.41, 5.74) is -0.183. The molecular formula is C14H21ClN4O5S. The lowest BCUT2D eigenvalue weighted by molar-refractivity contribution is -0.384. The van der Waals surface area contributed by atoms with Crippen molar-refractivity contribution in [2.75, 3.05) is 26.2 Å². The van der Waals surface area contributed by atoms with E-state index in [2.05, 4.69) is 10.0 Å². The second-order valence-corrected chi connectivity index (χ2v) is 7.31. The van der Waals surface area contributed by atoms with E-state index in [9.17, 15) is 23.3 Å². The number of carbonyl (C=O) groups excluding carboxylic acids is 1. The number of nitro groups is 1. The summed E-state index contributed by atoms with van der Waals surface area (Å²) >= 11 is 0. The molecule has 2 rings (SSSR count). The van der Waals surface area contributed by atoms with Crippen LogP contribution in [0.1, 0.15) is 13.3 Å². The van der Waals surface area contributed by atoms with Crippen LogP contribution in [0.3, 0.4) is 0 Å². The van der Waals surface area contributed by atoms with Crippen LogP contribution >= 0.6 is 12.4 Å². The van der Waals surface area contributed by atoms with Crippen LogP contribution in [0.4, 0.5) is 5.69 Å². The zero-order valence-electron chi connectivity index (χ0n) is 13.7. The van der Waals surface area contributed by atoms with Crippen LogP contribution in [0.25, 0.3) is 0 Å². The lowest BCUT2D eigenvalue weighted by atomic mass is 10.2. The first kappa shape index (κ1) is 21.3. The van der Waals surface area contributed by atoms with E-state index in [0.717, 1.165) is 25.2 Å². The van der Waals surface area contributed by atoms with E-state index in [-0.39, 0.29) is 47.9 Å². The molecule has 2 N–H and O–H groups in total. The normalized spacial score (nSPS) is 17.6. The highest BCUT2D eigenvalue weighted by molar-refractivity contribution is 7.89. The molecule has 140 valence electrons. The van der Waals surface area contributed by atoms with Gasteiger partial charge in [-0.05, 0) is 19.1 Å². The van der Waals surface area contributed by atoms with Crippen LogP contribution in [0.5, 0.6) is 0 Å². The molecule has 1 aromatic carbocycles. The van der Waals surface area contributed by atoms with Gasteiger partial charge >= 0.3 is 0 Å². The van der Waals surface area contributed by atoms with E-state index in [1.807, 2.05) is 6.92 Å². The fourth-order valence-corrected chi connectivity index (χ4v) is 3.51. The molecule has 1 atom stereocenters. The Hall–Kier alpha value is -1.75. The Morgan fingerprint density at radius 2 is 2.04 bits per heavy atom. The van der Waals surface area contributed by atoms with E-state index in [4.69, 9.17) is 0 Å². The quantitative estimate of drug-likeness (QED) is 0.537. The van der Waals surface area contributed by atoms with Crippen LogP contribution in [-0.2, 0) is 14.8 Å². The summed E-state index contributed by atoms with van der Waals surface area (Å²) in [5, 5.41) is 13.8. The maximum absolute atomic E-state index is 12.1. The van der Waals surface area contributed by atoms with Crippen molar-refractivity contribution >= 4 is 34.0 Å². The number of hydrogen-bond donors (Lipinski definition) is 2. The number of carbonyl (C=O) groups is 1. The molecule has 0 unspecified atom stereocenters. The van der Waals surface area contributed by atoms with E-state index >= 15 is 0 Å². The Balaban J connectivity index is 0.00000312. The average Bonchev–Trinajstić information content (AvgIpc) is 2.55. The highest BCUT2D eigenvalue weighted by Gasteiger charge is 2.23. The molecule has 1 amide bonds. The third-order valence-electron chi connectivity index (χ3n) is 3.81. The minimum atomic E-state index is -3.80. The lowest BCUT2D eigenvalue weighted by Crippen LogP contribution is -2.52. The molecule has 0 aliphatic carbocycles. The summed E-state index contributed by atoms with van der Waals surface area (Å²) in [6.45, 7) is 3.97. The minimum absolute atomic E-state index is 0. The van der Waals surface area contributed by atoms with Crippen molar-refractivity contribution in [3.05, 3.63) is 34.4 Å². The van der Waals surface area contributed by atoms with Crippen LogP contribution in [0.15, 0.2) is 29.2 Å². The third kappa shape index (κ3) is 5.63. The number of benzene rings is 1. The third-order valence-corrected chi connectivity index (χ3v) is 5.29. The zero-order chi connectivity index (χ0) is 17.7. The van der Waals surface area contributed by atoms with Gasteiger partial charge in [-0.1, -0.05) is 0 Å².